The predicted octanol–water partition coefficient (Wildman–Crippen LogP) is 5.36. The fourth-order valence-electron chi connectivity index (χ4n) is 3.40. The summed E-state index contributed by atoms with van der Waals surface area (Å²) in [6, 6.07) is 19.2. The monoisotopic (exact) mass is 449 g/mol. The highest BCUT2D eigenvalue weighted by atomic mass is 19.1. The highest BCUT2D eigenvalue weighted by molar-refractivity contribution is 5.88. The van der Waals surface area contributed by atoms with Gasteiger partial charge in [0, 0.05) is 29.6 Å². The van der Waals surface area contributed by atoms with Crippen LogP contribution in [0.5, 0.6) is 17.2 Å². The summed E-state index contributed by atoms with van der Waals surface area (Å²) in [5.41, 5.74) is 2.49. The summed E-state index contributed by atoms with van der Waals surface area (Å²) in [5, 5.41) is 9.89. The lowest BCUT2D eigenvalue weighted by atomic mass is 10.1. The number of carboxylic acids is 1. The van der Waals surface area contributed by atoms with E-state index in [1.165, 1.54) is 12.1 Å². The van der Waals surface area contributed by atoms with Crippen molar-refractivity contribution >= 4 is 16.9 Å². The first-order valence-corrected chi connectivity index (χ1v) is 10.6. The van der Waals surface area contributed by atoms with Gasteiger partial charge >= 0.3 is 5.97 Å². The van der Waals surface area contributed by atoms with Gasteiger partial charge in [-0.1, -0.05) is 18.2 Å². The van der Waals surface area contributed by atoms with Crippen molar-refractivity contribution in [3.8, 4) is 17.2 Å². The van der Waals surface area contributed by atoms with Gasteiger partial charge in [0.05, 0.1) is 19.6 Å². The topological polar surface area (TPSA) is 80.8 Å². The van der Waals surface area contributed by atoms with E-state index in [9.17, 15) is 9.18 Å². The van der Waals surface area contributed by atoms with E-state index in [1.54, 1.807) is 18.3 Å². The van der Waals surface area contributed by atoms with Gasteiger partial charge in [0.25, 0.3) is 0 Å². The van der Waals surface area contributed by atoms with Crippen molar-refractivity contribution < 1.29 is 28.5 Å². The van der Waals surface area contributed by atoms with Crippen LogP contribution in [0.4, 0.5) is 4.39 Å². The summed E-state index contributed by atoms with van der Waals surface area (Å²) < 4.78 is 30.3. The number of benzene rings is 3. The van der Waals surface area contributed by atoms with Crippen molar-refractivity contribution in [3.63, 3.8) is 0 Å². The summed E-state index contributed by atoms with van der Waals surface area (Å²) in [5.74, 6) is 0.906. The molecule has 0 radical (unpaired) electrons. The van der Waals surface area contributed by atoms with Crippen LogP contribution in [0.15, 0.2) is 72.9 Å². The zero-order valence-corrected chi connectivity index (χ0v) is 17.9. The fraction of sp³-hybridized carbons (Fsp3) is 0.192. The molecule has 0 fully saturated rings. The number of ether oxygens (including phenoxy) is 3. The van der Waals surface area contributed by atoms with Crippen LogP contribution in [-0.2, 0) is 17.8 Å². The minimum Gasteiger partial charge on any atom is -0.493 e. The number of fused-ring (bicyclic) bond motifs is 1. The molecule has 4 aromatic rings. The molecule has 0 spiro atoms. The Bertz CT molecular complexity index is 1220. The molecule has 0 unspecified atom stereocenters. The first-order chi connectivity index (χ1) is 16.1. The summed E-state index contributed by atoms with van der Waals surface area (Å²) in [6.45, 7) is 1.28. The number of aromatic nitrogens is 1. The molecule has 7 heteroatoms. The summed E-state index contributed by atoms with van der Waals surface area (Å²) >= 11 is 0. The van der Waals surface area contributed by atoms with Crippen LogP contribution in [0.1, 0.15) is 17.5 Å². The number of aliphatic carboxylic acids is 1. The lowest BCUT2D eigenvalue weighted by Gasteiger charge is -2.10. The van der Waals surface area contributed by atoms with Crippen LogP contribution in [-0.4, -0.2) is 29.3 Å². The average molecular weight is 449 g/mol. The number of halogens is 1. The van der Waals surface area contributed by atoms with Crippen molar-refractivity contribution in [2.75, 3.05) is 13.2 Å². The third-order valence-corrected chi connectivity index (χ3v) is 5.03. The van der Waals surface area contributed by atoms with E-state index in [2.05, 4.69) is 4.98 Å². The maximum atomic E-state index is 13.0. The van der Waals surface area contributed by atoms with Gasteiger partial charge in [-0.2, -0.15) is 0 Å². The molecule has 0 aliphatic heterocycles. The Kier molecular flexibility index (Phi) is 7.09. The van der Waals surface area contributed by atoms with E-state index in [0.717, 1.165) is 22.0 Å². The van der Waals surface area contributed by atoms with Gasteiger partial charge in [-0.25, -0.2) is 4.39 Å². The van der Waals surface area contributed by atoms with E-state index in [0.29, 0.717) is 43.5 Å². The highest BCUT2D eigenvalue weighted by Crippen LogP contribution is 2.25. The highest BCUT2D eigenvalue weighted by Gasteiger charge is 2.09. The number of aromatic amines is 1. The van der Waals surface area contributed by atoms with Gasteiger partial charge < -0.3 is 24.3 Å². The van der Waals surface area contributed by atoms with E-state index >= 15 is 0 Å². The van der Waals surface area contributed by atoms with Gasteiger partial charge in [0.15, 0.2) is 0 Å². The number of carboxylic acid groups (broad SMARTS) is 1. The Labute approximate surface area is 190 Å². The molecule has 0 aliphatic carbocycles. The average Bonchev–Trinajstić information content (AvgIpc) is 3.20. The van der Waals surface area contributed by atoms with Crippen LogP contribution in [0.25, 0.3) is 10.9 Å². The van der Waals surface area contributed by atoms with Gasteiger partial charge in [-0.15, -0.1) is 0 Å². The Morgan fingerprint density at radius 1 is 0.879 bits per heavy atom. The van der Waals surface area contributed by atoms with E-state index in [4.69, 9.17) is 19.3 Å². The lowest BCUT2D eigenvalue weighted by molar-refractivity contribution is -0.136. The Morgan fingerprint density at radius 2 is 1.58 bits per heavy atom. The van der Waals surface area contributed by atoms with Crippen LogP contribution < -0.4 is 14.2 Å². The second-order valence-corrected chi connectivity index (χ2v) is 7.53. The molecule has 3 aromatic carbocycles. The van der Waals surface area contributed by atoms with Gasteiger partial charge in [-0.05, 0) is 53.6 Å². The van der Waals surface area contributed by atoms with Crippen LogP contribution in [0.2, 0.25) is 0 Å². The molecular weight excluding hydrogens is 425 g/mol. The number of hydrogen-bond donors (Lipinski definition) is 2. The van der Waals surface area contributed by atoms with Crippen molar-refractivity contribution in [1.29, 1.82) is 0 Å². The third kappa shape index (κ3) is 6.26. The molecule has 2 N–H and O–H groups in total. The van der Waals surface area contributed by atoms with Crippen LogP contribution in [0, 0.1) is 5.82 Å². The van der Waals surface area contributed by atoms with Crippen molar-refractivity contribution in [2.45, 2.75) is 19.4 Å². The smallest absolute Gasteiger partial charge is 0.307 e. The van der Waals surface area contributed by atoms with E-state index in [-0.39, 0.29) is 12.2 Å². The van der Waals surface area contributed by atoms with Crippen molar-refractivity contribution in [2.24, 2.45) is 0 Å². The largest absolute Gasteiger partial charge is 0.493 e. The fourth-order valence-corrected chi connectivity index (χ4v) is 3.40. The molecule has 0 saturated carbocycles. The molecule has 0 amide bonds. The second-order valence-electron chi connectivity index (χ2n) is 7.53. The van der Waals surface area contributed by atoms with Gasteiger partial charge in [0.2, 0.25) is 0 Å². The number of rotatable bonds is 11. The molecule has 170 valence electrons. The Morgan fingerprint density at radius 3 is 2.30 bits per heavy atom. The summed E-state index contributed by atoms with van der Waals surface area (Å²) in [7, 11) is 0. The minimum atomic E-state index is -0.871. The zero-order chi connectivity index (χ0) is 23.0. The van der Waals surface area contributed by atoms with Gasteiger partial charge in [-0.3, -0.25) is 4.79 Å². The summed E-state index contributed by atoms with van der Waals surface area (Å²) in [6.07, 6.45) is 2.35. The molecule has 1 aromatic heterocycles. The Balaban J connectivity index is 1.22. The maximum Gasteiger partial charge on any atom is 0.307 e. The normalized spacial score (nSPS) is 10.8. The third-order valence-electron chi connectivity index (χ3n) is 5.03. The zero-order valence-electron chi connectivity index (χ0n) is 17.9. The molecule has 0 atom stereocenters. The Hall–Kier alpha value is -4.00. The molecule has 4 rings (SSSR count). The van der Waals surface area contributed by atoms with Crippen molar-refractivity contribution in [1.82, 2.24) is 4.98 Å². The standard InChI is InChI=1S/C26H24FNO5/c27-20-7-5-18(6-8-20)17-33-22-4-1-3-21(14-22)31-11-2-12-32-23-9-10-25-24(15-23)19(16-28-25)13-26(29)30/h1,3-10,14-16,28H,2,11-13,17H2,(H,29,30). The first-order valence-electron chi connectivity index (χ1n) is 10.6. The van der Waals surface area contributed by atoms with Gasteiger partial charge in [0.1, 0.15) is 29.7 Å². The quantitative estimate of drug-likeness (QED) is 0.301. The summed E-state index contributed by atoms with van der Waals surface area (Å²) in [4.78, 5) is 14.1. The van der Waals surface area contributed by atoms with Crippen LogP contribution >= 0.6 is 0 Å². The second kappa shape index (κ2) is 10.5. The SMILES string of the molecule is O=C(O)Cc1c[nH]c2ccc(OCCCOc3cccc(OCc4ccc(F)cc4)c3)cc12. The number of carbonyl (C=O) groups is 1. The molecule has 1 heterocycles. The molecule has 0 saturated heterocycles. The van der Waals surface area contributed by atoms with Crippen LogP contribution in [0.3, 0.4) is 0 Å². The van der Waals surface area contributed by atoms with E-state index < -0.39 is 5.97 Å². The van der Waals surface area contributed by atoms with Crippen molar-refractivity contribution in [3.05, 3.63) is 89.9 Å². The number of nitrogens with one attached hydrogen (secondary N) is 1. The lowest BCUT2D eigenvalue weighted by Crippen LogP contribution is -2.05. The maximum absolute atomic E-state index is 13.0. The predicted molar refractivity (Wildman–Crippen MR) is 122 cm³/mol. The number of H-pyrrole nitrogens is 1. The first kappa shape index (κ1) is 22.2. The molecule has 6 nitrogen and oxygen atoms in total. The molecular formula is C26H24FNO5. The minimum absolute atomic E-state index is 0.0377. The molecule has 0 aliphatic rings. The molecule has 33 heavy (non-hydrogen) atoms. The number of hydrogen-bond acceptors (Lipinski definition) is 4. The molecule has 0 bridgehead atoms. The van der Waals surface area contributed by atoms with E-state index in [1.807, 2.05) is 42.5 Å².